The van der Waals surface area contributed by atoms with Gasteiger partial charge in [0.05, 0.1) is 7.11 Å². The van der Waals surface area contributed by atoms with Crippen molar-refractivity contribution in [2.24, 2.45) is 0 Å². The Bertz CT molecular complexity index is 355. The lowest BCUT2D eigenvalue weighted by molar-refractivity contribution is -0.187. The molecule has 0 spiro atoms. The number of hydrogen-bond acceptors (Lipinski definition) is 5. The van der Waals surface area contributed by atoms with Crippen LogP contribution in [0.4, 0.5) is 0 Å². The number of likely N-dealkylation sites (N-methyl/N-ethyl adjacent to an activating group) is 1. The third kappa shape index (κ3) is 4.26. The Balaban J connectivity index is 2.74. The van der Waals surface area contributed by atoms with Crippen LogP contribution in [0.5, 0.6) is 0 Å². The molecule has 1 heterocycles. The molecule has 0 aromatic carbocycles. The molecule has 0 radical (unpaired) electrons. The maximum absolute atomic E-state index is 12.2. The summed E-state index contributed by atoms with van der Waals surface area (Å²) >= 11 is 0. The molecule has 0 saturated carbocycles. The van der Waals surface area contributed by atoms with Gasteiger partial charge in [0, 0.05) is 13.5 Å². The number of carbonyl (C=O) groups is 2. The number of unbranched alkanes of at least 4 members (excludes halogenated alkanes) is 2. The molecule has 0 aromatic heterocycles. The van der Waals surface area contributed by atoms with Gasteiger partial charge in [-0.25, -0.2) is 5.06 Å². The van der Waals surface area contributed by atoms with Crippen LogP contribution in [0.3, 0.4) is 0 Å². The highest BCUT2D eigenvalue weighted by Crippen LogP contribution is 2.30. The predicted molar refractivity (Wildman–Crippen MR) is 72.8 cm³/mol. The van der Waals surface area contributed by atoms with Crippen molar-refractivity contribution in [3.05, 3.63) is 0 Å². The van der Waals surface area contributed by atoms with Crippen molar-refractivity contribution in [2.45, 2.75) is 64.4 Å². The summed E-state index contributed by atoms with van der Waals surface area (Å²) in [6.07, 6.45) is 1.43. The summed E-state index contributed by atoms with van der Waals surface area (Å²) < 4.78 is 11.2. The summed E-state index contributed by atoms with van der Waals surface area (Å²) in [5.74, 6) is -1.45. The molecule has 116 valence electrons. The van der Waals surface area contributed by atoms with Crippen LogP contribution < -0.4 is 0 Å². The summed E-state index contributed by atoms with van der Waals surface area (Å²) in [5.41, 5.74) is 0. The predicted octanol–water partition coefficient (Wildman–Crippen LogP) is 1.68. The molecule has 6 nitrogen and oxygen atoms in total. The molecule has 1 rings (SSSR count). The van der Waals surface area contributed by atoms with Crippen molar-refractivity contribution < 1.29 is 23.9 Å². The lowest BCUT2D eigenvalue weighted by Gasteiger charge is -2.20. The molecule has 0 unspecified atom stereocenters. The first-order chi connectivity index (χ1) is 9.32. The largest absolute Gasteiger partial charge is 0.336 e. The minimum absolute atomic E-state index is 0.0909. The molecule has 20 heavy (non-hydrogen) atoms. The van der Waals surface area contributed by atoms with E-state index in [9.17, 15) is 9.59 Å². The van der Waals surface area contributed by atoms with Gasteiger partial charge in [0.15, 0.2) is 23.8 Å². The molecule has 1 amide bonds. The molecule has 0 N–H and O–H groups in total. The van der Waals surface area contributed by atoms with Crippen molar-refractivity contribution in [1.82, 2.24) is 5.06 Å². The molecule has 1 fully saturated rings. The first-order valence-corrected chi connectivity index (χ1v) is 7.02. The third-order valence-electron chi connectivity index (χ3n) is 3.27. The van der Waals surface area contributed by atoms with Crippen molar-refractivity contribution in [1.29, 1.82) is 0 Å². The minimum Gasteiger partial charge on any atom is -0.336 e. The zero-order valence-electron chi connectivity index (χ0n) is 13.0. The fraction of sp³-hybridized carbons (Fsp3) is 0.857. The number of Topliss-reactive ketones (excluding diaryl/α,β-unsaturated/α-hetero) is 1. The zero-order chi connectivity index (χ0) is 15.3. The van der Waals surface area contributed by atoms with E-state index in [0.29, 0.717) is 6.42 Å². The van der Waals surface area contributed by atoms with Crippen LogP contribution in [0.2, 0.25) is 0 Å². The van der Waals surface area contributed by atoms with Gasteiger partial charge in [0.2, 0.25) is 0 Å². The number of hydroxylamine groups is 2. The first-order valence-electron chi connectivity index (χ1n) is 7.02. The maximum atomic E-state index is 12.2. The Morgan fingerprint density at radius 3 is 2.35 bits per heavy atom. The third-order valence-corrected chi connectivity index (χ3v) is 3.27. The number of ether oxygens (including phenoxy) is 2. The van der Waals surface area contributed by atoms with E-state index in [0.717, 1.165) is 24.3 Å². The van der Waals surface area contributed by atoms with E-state index < -0.39 is 23.9 Å². The molecule has 0 aromatic rings. The van der Waals surface area contributed by atoms with Gasteiger partial charge in [-0.3, -0.25) is 14.4 Å². The standard InChI is InChI=1S/C14H25NO5/c1-6-7-8-9-10(16)11-12(13(17)15(4)18-5)20-14(2,3)19-11/h11-12H,6-9H2,1-5H3/t11-,12+/m0/s1. The topological polar surface area (TPSA) is 65.1 Å². The molecule has 6 heteroatoms. The Morgan fingerprint density at radius 2 is 1.80 bits per heavy atom. The average molecular weight is 287 g/mol. The van der Waals surface area contributed by atoms with Crippen molar-refractivity contribution in [3.63, 3.8) is 0 Å². The van der Waals surface area contributed by atoms with Crippen LogP contribution in [-0.4, -0.2) is 48.9 Å². The summed E-state index contributed by atoms with van der Waals surface area (Å²) in [5, 5.41) is 1.06. The molecule has 1 aliphatic rings. The second kappa shape index (κ2) is 7.15. The lowest BCUT2D eigenvalue weighted by Crippen LogP contribution is -2.44. The normalized spacial score (nSPS) is 24.6. The number of rotatable bonds is 7. The molecule has 1 saturated heterocycles. The van der Waals surface area contributed by atoms with Gasteiger partial charge in [-0.15, -0.1) is 0 Å². The van der Waals surface area contributed by atoms with E-state index in [1.807, 2.05) is 0 Å². The highest BCUT2D eigenvalue weighted by atomic mass is 16.8. The number of ketones is 1. The lowest BCUT2D eigenvalue weighted by atomic mass is 10.0. The summed E-state index contributed by atoms with van der Waals surface area (Å²) in [7, 11) is 2.87. The van der Waals surface area contributed by atoms with E-state index in [1.165, 1.54) is 14.2 Å². The average Bonchev–Trinajstić information content (AvgIpc) is 2.73. The molecule has 2 atom stereocenters. The molecule has 0 bridgehead atoms. The highest BCUT2D eigenvalue weighted by Gasteiger charge is 2.49. The first kappa shape index (κ1) is 17.1. The maximum Gasteiger partial charge on any atom is 0.278 e. The SMILES string of the molecule is CCCCCC(=O)[C@@H]1OC(C)(C)O[C@H]1C(=O)N(C)OC. The quantitative estimate of drug-likeness (QED) is 0.526. The van der Waals surface area contributed by atoms with Gasteiger partial charge in [0.25, 0.3) is 5.91 Å². The van der Waals surface area contributed by atoms with Crippen molar-refractivity contribution in [2.75, 3.05) is 14.2 Å². The van der Waals surface area contributed by atoms with Crippen molar-refractivity contribution >= 4 is 11.7 Å². The summed E-state index contributed by atoms with van der Waals surface area (Å²) in [6, 6.07) is 0. The molecular weight excluding hydrogens is 262 g/mol. The Labute approximate surface area is 120 Å². The Hall–Kier alpha value is -0.980. The van der Waals surface area contributed by atoms with Crippen LogP contribution >= 0.6 is 0 Å². The van der Waals surface area contributed by atoms with Crippen LogP contribution in [0.15, 0.2) is 0 Å². The number of carbonyl (C=O) groups excluding carboxylic acids is 2. The second-order valence-corrected chi connectivity index (χ2v) is 5.42. The second-order valence-electron chi connectivity index (χ2n) is 5.42. The van der Waals surface area contributed by atoms with E-state index in [4.69, 9.17) is 14.3 Å². The summed E-state index contributed by atoms with van der Waals surface area (Å²) in [4.78, 5) is 29.2. The number of amides is 1. The van der Waals surface area contributed by atoms with E-state index >= 15 is 0 Å². The fourth-order valence-electron chi connectivity index (χ4n) is 2.14. The van der Waals surface area contributed by atoms with Crippen LogP contribution in [0.25, 0.3) is 0 Å². The van der Waals surface area contributed by atoms with Gasteiger partial charge in [-0.2, -0.15) is 0 Å². The van der Waals surface area contributed by atoms with Crippen LogP contribution in [0.1, 0.15) is 46.5 Å². The van der Waals surface area contributed by atoms with E-state index in [2.05, 4.69) is 6.92 Å². The molecule has 0 aliphatic carbocycles. The van der Waals surface area contributed by atoms with Crippen LogP contribution in [-0.2, 0) is 23.9 Å². The zero-order valence-corrected chi connectivity index (χ0v) is 13.0. The van der Waals surface area contributed by atoms with E-state index in [-0.39, 0.29) is 5.78 Å². The van der Waals surface area contributed by atoms with Crippen LogP contribution in [0, 0.1) is 0 Å². The van der Waals surface area contributed by atoms with Crippen molar-refractivity contribution in [3.8, 4) is 0 Å². The smallest absolute Gasteiger partial charge is 0.278 e. The summed E-state index contributed by atoms with van der Waals surface area (Å²) in [6.45, 7) is 5.46. The monoisotopic (exact) mass is 287 g/mol. The molecule has 1 aliphatic heterocycles. The van der Waals surface area contributed by atoms with Gasteiger partial charge in [0.1, 0.15) is 0 Å². The number of hydrogen-bond donors (Lipinski definition) is 0. The molecular formula is C14H25NO5. The van der Waals surface area contributed by atoms with Gasteiger partial charge < -0.3 is 9.47 Å². The van der Waals surface area contributed by atoms with Gasteiger partial charge >= 0.3 is 0 Å². The van der Waals surface area contributed by atoms with Gasteiger partial charge in [-0.1, -0.05) is 19.8 Å². The Morgan fingerprint density at radius 1 is 1.20 bits per heavy atom. The highest BCUT2D eigenvalue weighted by molar-refractivity contribution is 5.92. The van der Waals surface area contributed by atoms with Gasteiger partial charge in [-0.05, 0) is 20.3 Å². The Kier molecular flexibility index (Phi) is 6.10. The number of nitrogens with zero attached hydrogens (tertiary/aromatic N) is 1. The fourth-order valence-corrected chi connectivity index (χ4v) is 2.14. The van der Waals surface area contributed by atoms with E-state index in [1.54, 1.807) is 13.8 Å². The minimum atomic E-state index is -0.944.